The minimum atomic E-state index is -0.529. The molecule has 1 fully saturated rings. The van der Waals surface area contributed by atoms with E-state index in [0.717, 1.165) is 33.0 Å². The number of rotatable bonds is 8. The lowest BCUT2D eigenvalue weighted by Gasteiger charge is -2.14. The van der Waals surface area contributed by atoms with Crippen LogP contribution in [0.5, 0.6) is 11.5 Å². The molecule has 0 aromatic heterocycles. The zero-order valence-electron chi connectivity index (χ0n) is 20.5. The molecule has 1 saturated heterocycles. The first kappa shape index (κ1) is 25.1. The number of hydrogen-bond acceptors (Lipinski definition) is 6. The highest BCUT2D eigenvalue weighted by molar-refractivity contribution is 8.18. The fourth-order valence-corrected chi connectivity index (χ4v) is 4.99. The Balaban J connectivity index is 1.30. The number of ether oxygens (including phenoxy) is 2. The van der Waals surface area contributed by atoms with E-state index in [1.165, 1.54) is 7.11 Å². The van der Waals surface area contributed by atoms with Crippen LogP contribution in [0.4, 0.5) is 10.5 Å². The maximum absolute atomic E-state index is 13.0. The van der Waals surface area contributed by atoms with Crippen LogP contribution >= 0.6 is 11.8 Å². The smallest absolute Gasteiger partial charge is 0.294 e. The molecule has 0 atom stereocenters. The summed E-state index contributed by atoms with van der Waals surface area (Å²) in [5, 5.41) is 4.42. The van der Waals surface area contributed by atoms with Crippen LogP contribution in [0.15, 0.2) is 95.9 Å². The summed E-state index contributed by atoms with van der Waals surface area (Å²) in [6.45, 7) is -0.0594. The minimum absolute atomic E-state index is 0.223. The number of imide groups is 1. The second kappa shape index (κ2) is 11.2. The highest BCUT2D eigenvalue weighted by Gasteiger charge is 2.36. The molecule has 1 N–H and O–H groups in total. The Morgan fingerprint density at radius 1 is 0.895 bits per heavy atom. The van der Waals surface area contributed by atoms with Gasteiger partial charge in [0.25, 0.3) is 11.1 Å². The van der Waals surface area contributed by atoms with Crippen LogP contribution in [0.1, 0.15) is 11.1 Å². The molecule has 4 aromatic rings. The van der Waals surface area contributed by atoms with Crippen molar-refractivity contribution in [1.29, 1.82) is 0 Å². The summed E-state index contributed by atoms with van der Waals surface area (Å²) in [5.74, 6) is 0.0343. The Kier molecular flexibility index (Phi) is 7.42. The SMILES string of the molecule is COc1ccccc1NC(=O)CN1C(=O)S/C(=C\c2ccccc2OCc2cccc3ccccc23)C1=O. The van der Waals surface area contributed by atoms with E-state index >= 15 is 0 Å². The minimum Gasteiger partial charge on any atom is -0.495 e. The van der Waals surface area contributed by atoms with Crippen molar-refractivity contribution in [3.05, 3.63) is 107 Å². The number of hydrogen-bond donors (Lipinski definition) is 1. The maximum atomic E-state index is 13.0. The third-order valence-corrected chi connectivity index (χ3v) is 6.93. The first-order chi connectivity index (χ1) is 18.5. The van der Waals surface area contributed by atoms with Gasteiger partial charge in [0.05, 0.1) is 17.7 Å². The van der Waals surface area contributed by atoms with E-state index in [1.807, 2.05) is 48.5 Å². The van der Waals surface area contributed by atoms with E-state index in [2.05, 4.69) is 23.5 Å². The molecule has 4 aromatic carbocycles. The van der Waals surface area contributed by atoms with Crippen LogP contribution in [-0.2, 0) is 16.2 Å². The largest absolute Gasteiger partial charge is 0.495 e. The Morgan fingerprint density at radius 3 is 2.45 bits per heavy atom. The summed E-state index contributed by atoms with van der Waals surface area (Å²) in [6.07, 6.45) is 1.63. The molecule has 1 aliphatic heterocycles. The zero-order valence-corrected chi connectivity index (χ0v) is 21.4. The number of benzene rings is 4. The molecular formula is C30H24N2O5S. The number of amides is 3. The van der Waals surface area contributed by atoms with Crippen molar-refractivity contribution in [2.24, 2.45) is 0 Å². The number of nitrogens with zero attached hydrogens (tertiary/aromatic N) is 1. The van der Waals surface area contributed by atoms with Gasteiger partial charge in [-0.05, 0) is 52.4 Å². The Bertz CT molecular complexity index is 1560. The van der Waals surface area contributed by atoms with Gasteiger partial charge >= 0.3 is 0 Å². The van der Waals surface area contributed by atoms with E-state index in [-0.39, 0.29) is 4.91 Å². The van der Waals surface area contributed by atoms with Gasteiger partial charge < -0.3 is 14.8 Å². The van der Waals surface area contributed by atoms with E-state index in [0.29, 0.717) is 29.4 Å². The van der Waals surface area contributed by atoms with E-state index < -0.39 is 23.6 Å². The monoisotopic (exact) mass is 524 g/mol. The Hall–Kier alpha value is -4.56. The fraction of sp³-hybridized carbons (Fsp3) is 0.100. The van der Waals surface area contributed by atoms with E-state index in [4.69, 9.17) is 9.47 Å². The molecule has 1 heterocycles. The summed E-state index contributed by atoms with van der Waals surface area (Å²) >= 11 is 0.796. The predicted octanol–water partition coefficient (Wildman–Crippen LogP) is 6.10. The van der Waals surface area contributed by atoms with Gasteiger partial charge in [0, 0.05) is 5.56 Å². The molecular weight excluding hydrogens is 500 g/mol. The molecule has 5 rings (SSSR count). The lowest BCUT2D eigenvalue weighted by molar-refractivity contribution is -0.127. The van der Waals surface area contributed by atoms with Crippen molar-refractivity contribution < 1.29 is 23.9 Å². The third-order valence-electron chi connectivity index (χ3n) is 6.03. The third kappa shape index (κ3) is 5.40. The molecule has 3 amide bonds. The van der Waals surface area contributed by atoms with Crippen molar-refractivity contribution in [1.82, 2.24) is 4.90 Å². The summed E-state index contributed by atoms with van der Waals surface area (Å²) in [5.41, 5.74) is 2.16. The number of thioether (sulfide) groups is 1. The molecule has 0 bridgehead atoms. The number of carbonyl (C=O) groups excluding carboxylic acids is 3. The fourth-order valence-electron chi connectivity index (χ4n) is 4.16. The lowest BCUT2D eigenvalue weighted by Crippen LogP contribution is -2.36. The number of methoxy groups -OCH3 is 1. The molecule has 0 unspecified atom stereocenters. The van der Waals surface area contributed by atoms with Crippen LogP contribution in [0.25, 0.3) is 16.8 Å². The number of carbonyl (C=O) groups is 3. The first-order valence-corrected chi connectivity index (χ1v) is 12.7. The predicted molar refractivity (Wildman–Crippen MR) is 149 cm³/mol. The Labute approximate surface area is 224 Å². The van der Waals surface area contributed by atoms with Gasteiger partial charge in [-0.3, -0.25) is 19.3 Å². The number of anilines is 1. The normalized spacial score (nSPS) is 14.2. The summed E-state index contributed by atoms with van der Waals surface area (Å²) in [7, 11) is 1.50. The molecule has 0 radical (unpaired) electrons. The van der Waals surface area contributed by atoms with E-state index in [1.54, 1.807) is 30.3 Å². The van der Waals surface area contributed by atoms with Gasteiger partial charge in [0.2, 0.25) is 5.91 Å². The quantitative estimate of drug-likeness (QED) is 0.280. The number of nitrogens with one attached hydrogen (secondary N) is 1. The van der Waals surface area contributed by atoms with Crippen molar-refractivity contribution in [3.8, 4) is 11.5 Å². The average Bonchev–Trinajstić information content (AvgIpc) is 3.20. The number of para-hydroxylation sites is 3. The maximum Gasteiger partial charge on any atom is 0.294 e. The van der Waals surface area contributed by atoms with Crippen LogP contribution in [0.2, 0.25) is 0 Å². The van der Waals surface area contributed by atoms with E-state index in [9.17, 15) is 14.4 Å². The van der Waals surface area contributed by atoms with Crippen molar-refractivity contribution >= 4 is 51.4 Å². The topological polar surface area (TPSA) is 84.9 Å². The average molecular weight is 525 g/mol. The first-order valence-electron chi connectivity index (χ1n) is 11.9. The molecule has 0 spiro atoms. The summed E-state index contributed by atoms with van der Waals surface area (Å²) in [6, 6.07) is 28.4. The van der Waals surface area contributed by atoms with Gasteiger partial charge in [-0.15, -0.1) is 0 Å². The highest BCUT2D eigenvalue weighted by atomic mass is 32.2. The van der Waals surface area contributed by atoms with Crippen LogP contribution in [0, 0.1) is 0 Å². The molecule has 0 saturated carbocycles. The van der Waals surface area contributed by atoms with Gasteiger partial charge in [0.15, 0.2) is 0 Å². The Morgan fingerprint density at radius 2 is 1.61 bits per heavy atom. The molecule has 1 aliphatic rings. The van der Waals surface area contributed by atoms with Crippen LogP contribution < -0.4 is 14.8 Å². The molecule has 8 heteroatoms. The van der Waals surface area contributed by atoms with Crippen molar-refractivity contribution in [2.75, 3.05) is 19.0 Å². The molecule has 7 nitrogen and oxygen atoms in total. The van der Waals surface area contributed by atoms with Gasteiger partial charge in [-0.2, -0.15) is 0 Å². The second-order valence-electron chi connectivity index (χ2n) is 8.48. The molecule has 190 valence electrons. The highest BCUT2D eigenvalue weighted by Crippen LogP contribution is 2.34. The van der Waals surface area contributed by atoms with Gasteiger partial charge in [0.1, 0.15) is 24.7 Å². The summed E-state index contributed by atoms with van der Waals surface area (Å²) in [4.78, 5) is 39.4. The van der Waals surface area contributed by atoms with Crippen LogP contribution in [-0.4, -0.2) is 35.6 Å². The van der Waals surface area contributed by atoms with Gasteiger partial charge in [-0.1, -0.05) is 72.8 Å². The van der Waals surface area contributed by atoms with Crippen molar-refractivity contribution in [3.63, 3.8) is 0 Å². The summed E-state index contributed by atoms with van der Waals surface area (Å²) < 4.78 is 11.4. The second-order valence-corrected chi connectivity index (χ2v) is 9.47. The van der Waals surface area contributed by atoms with Gasteiger partial charge in [-0.25, -0.2) is 0 Å². The molecule has 38 heavy (non-hydrogen) atoms. The lowest BCUT2D eigenvalue weighted by atomic mass is 10.1. The standard InChI is InChI=1S/C30H24N2O5S/c1-36-26-16-7-5-14-24(26)31-28(33)18-32-29(34)27(38-30(32)35)17-21-10-3-6-15-25(21)37-19-22-12-8-11-20-9-2-4-13-23(20)22/h2-17H,18-19H2,1H3,(H,31,33)/b27-17-. The molecule has 0 aliphatic carbocycles. The van der Waals surface area contributed by atoms with Crippen LogP contribution in [0.3, 0.4) is 0 Å². The number of fused-ring (bicyclic) bond motifs is 1. The van der Waals surface area contributed by atoms with Crippen molar-refractivity contribution in [2.45, 2.75) is 6.61 Å². The zero-order chi connectivity index (χ0) is 26.5.